The van der Waals surface area contributed by atoms with Crippen LogP contribution in [0, 0.1) is 13.8 Å². The molecule has 2 heterocycles. The van der Waals surface area contributed by atoms with E-state index < -0.39 is 0 Å². The molecule has 100 valence electrons. The Labute approximate surface area is 114 Å². The van der Waals surface area contributed by atoms with E-state index in [2.05, 4.69) is 27.2 Å². The Bertz CT molecular complexity index is 537. The first-order chi connectivity index (χ1) is 9.20. The monoisotopic (exact) mass is 256 g/mol. The highest BCUT2D eigenvalue weighted by molar-refractivity contribution is 5.44. The van der Waals surface area contributed by atoms with Crippen LogP contribution >= 0.6 is 0 Å². The highest BCUT2D eigenvalue weighted by Gasteiger charge is 2.09. The van der Waals surface area contributed by atoms with Gasteiger partial charge in [0.25, 0.3) is 0 Å². The Morgan fingerprint density at radius 1 is 1.05 bits per heavy atom. The topological polar surface area (TPSA) is 50.7 Å². The highest BCUT2D eigenvalue weighted by Crippen LogP contribution is 2.17. The summed E-state index contributed by atoms with van der Waals surface area (Å²) in [6, 6.07) is 4.03. The van der Waals surface area contributed by atoms with E-state index in [0.717, 1.165) is 42.3 Å². The molecule has 0 amide bonds. The zero-order valence-electron chi connectivity index (χ0n) is 11.8. The molecule has 1 N–H and O–H groups in total. The standard InChI is InChI=1S/C15H20N4/c1-4-7-17-15-14(18-11(2)12(3)19-15)10-13-5-8-16-9-6-13/h5-6,8-9H,4,7,10H2,1-3H3,(H,17,19). The Morgan fingerprint density at radius 3 is 2.42 bits per heavy atom. The van der Waals surface area contributed by atoms with Gasteiger partial charge >= 0.3 is 0 Å². The third-order valence-corrected chi connectivity index (χ3v) is 3.04. The molecule has 0 aliphatic heterocycles. The van der Waals surface area contributed by atoms with Crippen LogP contribution in [0.4, 0.5) is 5.82 Å². The maximum atomic E-state index is 4.68. The summed E-state index contributed by atoms with van der Waals surface area (Å²) in [5.74, 6) is 0.904. The van der Waals surface area contributed by atoms with Crippen LogP contribution in [0.1, 0.15) is 36.0 Å². The lowest BCUT2D eigenvalue weighted by Gasteiger charge is -2.12. The number of nitrogens with zero attached hydrogens (tertiary/aromatic N) is 3. The van der Waals surface area contributed by atoms with Crippen LogP contribution in [0.5, 0.6) is 0 Å². The lowest BCUT2D eigenvalue weighted by Crippen LogP contribution is -2.10. The Balaban J connectivity index is 2.29. The van der Waals surface area contributed by atoms with Crippen molar-refractivity contribution in [3.63, 3.8) is 0 Å². The molecule has 0 atom stereocenters. The fourth-order valence-electron chi connectivity index (χ4n) is 1.85. The number of nitrogens with one attached hydrogen (secondary N) is 1. The van der Waals surface area contributed by atoms with Crippen molar-refractivity contribution in [3.05, 3.63) is 47.2 Å². The number of aromatic nitrogens is 3. The molecule has 4 heteroatoms. The molecule has 19 heavy (non-hydrogen) atoms. The van der Waals surface area contributed by atoms with Gasteiger partial charge < -0.3 is 5.32 Å². The van der Waals surface area contributed by atoms with Crippen molar-refractivity contribution in [2.24, 2.45) is 0 Å². The summed E-state index contributed by atoms with van der Waals surface area (Å²) in [5, 5.41) is 3.36. The van der Waals surface area contributed by atoms with Gasteiger partial charge in [-0.3, -0.25) is 9.97 Å². The Kier molecular flexibility index (Phi) is 4.44. The maximum absolute atomic E-state index is 4.68. The summed E-state index contributed by atoms with van der Waals surface area (Å²) in [6.07, 6.45) is 5.47. The van der Waals surface area contributed by atoms with Gasteiger partial charge in [-0.15, -0.1) is 0 Å². The molecule has 0 aromatic carbocycles. The first kappa shape index (κ1) is 13.5. The van der Waals surface area contributed by atoms with Gasteiger partial charge in [-0.2, -0.15) is 0 Å². The molecular weight excluding hydrogens is 236 g/mol. The van der Waals surface area contributed by atoms with Crippen LogP contribution in [-0.2, 0) is 6.42 Å². The van der Waals surface area contributed by atoms with Crippen LogP contribution < -0.4 is 5.32 Å². The number of rotatable bonds is 5. The summed E-state index contributed by atoms with van der Waals surface area (Å²) in [6.45, 7) is 7.06. The van der Waals surface area contributed by atoms with Gasteiger partial charge in [-0.05, 0) is 38.0 Å². The van der Waals surface area contributed by atoms with Crippen LogP contribution in [0.15, 0.2) is 24.5 Å². The van der Waals surface area contributed by atoms with E-state index in [-0.39, 0.29) is 0 Å². The third-order valence-electron chi connectivity index (χ3n) is 3.04. The molecule has 0 aliphatic rings. The van der Waals surface area contributed by atoms with Gasteiger partial charge in [-0.25, -0.2) is 4.98 Å². The number of pyridine rings is 1. The van der Waals surface area contributed by atoms with E-state index >= 15 is 0 Å². The lowest BCUT2D eigenvalue weighted by molar-refractivity contribution is 0.917. The van der Waals surface area contributed by atoms with Gasteiger partial charge in [0.1, 0.15) is 5.82 Å². The maximum Gasteiger partial charge on any atom is 0.148 e. The van der Waals surface area contributed by atoms with Crippen molar-refractivity contribution in [3.8, 4) is 0 Å². The van der Waals surface area contributed by atoms with Gasteiger partial charge in [0, 0.05) is 25.4 Å². The quantitative estimate of drug-likeness (QED) is 0.893. The van der Waals surface area contributed by atoms with E-state index in [1.54, 1.807) is 0 Å². The van der Waals surface area contributed by atoms with Gasteiger partial charge in [0.2, 0.25) is 0 Å². The summed E-state index contributed by atoms with van der Waals surface area (Å²) >= 11 is 0. The second-order valence-corrected chi connectivity index (χ2v) is 4.65. The van der Waals surface area contributed by atoms with Crippen molar-refractivity contribution < 1.29 is 0 Å². The molecule has 0 radical (unpaired) electrons. The second kappa shape index (κ2) is 6.27. The fraction of sp³-hybridized carbons (Fsp3) is 0.400. The average Bonchev–Trinajstić information content (AvgIpc) is 2.42. The van der Waals surface area contributed by atoms with Gasteiger partial charge in [0.15, 0.2) is 0 Å². The van der Waals surface area contributed by atoms with E-state index in [4.69, 9.17) is 0 Å². The number of anilines is 1. The largest absolute Gasteiger partial charge is 0.369 e. The van der Waals surface area contributed by atoms with Crippen molar-refractivity contribution in [1.29, 1.82) is 0 Å². The average molecular weight is 256 g/mol. The summed E-state index contributed by atoms with van der Waals surface area (Å²) < 4.78 is 0. The SMILES string of the molecule is CCCNc1nc(C)c(C)nc1Cc1ccncc1. The minimum Gasteiger partial charge on any atom is -0.369 e. The molecule has 0 spiro atoms. The molecule has 0 fully saturated rings. The Morgan fingerprint density at radius 2 is 1.74 bits per heavy atom. The zero-order chi connectivity index (χ0) is 13.7. The van der Waals surface area contributed by atoms with Crippen molar-refractivity contribution in [1.82, 2.24) is 15.0 Å². The molecule has 0 bridgehead atoms. The van der Waals surface area contributed by atoms with Crippen LogP contribution in [0.25, 0.3) is 0 Å². The van der Waals surface area contributed by atoms with E-state index in [0.29, 0.717) is 0 Å². The zero-order valence-corrected chi connectivity index (χ0v) is 11.8. The molecule has 0 aliphatic carbocycles. The summed E-state index contributed by atoms with van der Waals surface area (Å²) in [4.78, 5) is 13.3. The molecule has 0 saturated carbocycles. The lowest BCUT2D eigenvalue weighted by atomic mass is 10.1. The molecule has 2 aromatic rings. The minimum absolute atomic E-state index is 0.780. The normalized spacial score (nSPS) is 10.5. The smallest absolute Gasteiger partial charge is 0.148 e. The first-order valence-electron chi connectivity index (χ1n) is 6.67. The number of hydrogen-bond donors (Lipinski definition) is 1. The minimum atomic E-state index is 0.780. The fourth-order valence-corrected chi connectivity index (χ4v) is 1.85. The van der Waals surface area contributed by atoms with Crippen LogP contribution in [0.2, 0.25) is 0 Å². The van der Waals surface area contributed by atoms with E-state index in [1.165, 1.54) is 5.56 Å². The number of aryl methyl sites for hydroxylation is 2. The van der Waals surface area contributed by atoms with Crippen molar-refractivity contribution >= 4 is 5.82 Å². The molecule has 0 saturated heterocycles. The third kappa shape index (κ3) is 3.50. The van der Waals surface area contributed by atoms with Gasteiger partial charge in [0.05, 0.1) is 17.1 Å². The van der Waals surface area contributed by atoms with E-state index in [1.807, 2.05) is 38.4 Å². The first-order valence-corrected chi connectivity index (χ1v) is 6.67. The predicted molar refractivity (Wildman–Crippen MR) is 77.3 cm³/mol. The summed E-state index contributed by atoms with van der Waals surface area (Å²) in [5.41, 5.74) is 4.18. The predicted octanol–water partition coefficient (Wildman–Crippen LogP) is 2.90. The van der Waals surface area contributed by atoms with Crippen LogP contribution in [0.3, 0.4) is 0 Å². The summed E-state index contributed by atoms with van der Waals surface area (Å²) in [7, 11) is 0. The van der Waals surface area contributed by atoms with Crippen LogP contribution in [-0.4, -0.2) is 21.5 Å². The molecule has 2 rings (SSSR count). The van der Waals surface area contributed by atoms with E-state index in [9.17, 15) is 0 Å². The van der Waals surface area contributed by atoms with Gasteiger partial charge in [-0.1, -0.05) is 6.92 Å². The highest BCUT2D eigenvalue weighted by atomic mass is 15.0. The second-order valence-electron chi connectivity index (χ2n) is 4.65. The molecule has 4 nitrogen and oxygen atoms in total. The number of hydrogen-bond acceptors (Lipinski definition) is 4. The molecular formula is C15H20N4. The van der Waals surface area contributed by atoms with Crippen molar-refractivity contribution in [2.75, 3.05) is 11.9 Å². The van der Waals surface area contributed by atoms with Crippen molar-refractivity contribution in [2.45, 2.75) is 33.6 Å². The Hall–Kier alpha value is -1.97. The molecule has 0 unspecified atom stereocenters. The molecule has 2 aromatic heterocycles.